The fourth-order valence-electron chi connectivity index (χ4n) is 3.14. The third kappa shape index (κ3) is 4.22. The van der Waals surface area contributed by atoms with Gasteiger partial charge in [-0.05, 0) is 12.5 Å². The molecule has 15 heteroatoms. The maximum atomic E-state index is 12.7. The van der Waals surface area contributed by atoms with Gasteiger partial charge in [0.1, 0.15) is 22.1 Å². The van der Waals surface area contributed by atoms with Gasteiger partial charge in [0.05, 0.1) is 12.1 Å². The zero-order chi connectivity index (χ0) is 22.3. The third-order valence-corrected chi connectivity index (χ3v) is 8.74. The van der Waals surface area contributed by atoms with Crippen molar-refractivity contribution in [2.45, 2.75) is 29.1 Å². The minimum Gasteiger partial charge on any atom is -0.477 e. The number of carbonyl (C=O) groups excluding carboxylic acids is 2. The lowest BCUT2D eigenvalue weighted by atomic mass is 10.0. The fourth-order valence-corrected chi connectivity index (χ4v) is 7.09. The summed E-state index contributed by atoms with van der Waals surface area (Å²) < 4.78 is 1.34. The first-order chi connectivity index (χ1) is 14.8. The summed E-state index contributed by atoms with van der Waals surface area (Å²) in [6.07, 6.45) is -0.197. The van der Waals surface area contributed by atoms with E-state index >= 15 is 0 Å². The monoisotopic (exact) mass is 500 g/mol. The van der Waals surface area contributed by atoms with Gasteiger partial charge in [0.25, 0.3) is 5.91 Å². The Kier molecular flexibility index (Phi) is 6.09. The molecule has 2 amide bonds. The van der Waals surface area contributed by atoms with Crippen LogP contribution in [0.2, 0.25) is 0 Å². The molecule has 0 spiro atoms. The van der Waals surface area contributed by atoms with Crippen molar-refractivity contribution >= 4 is 64.0 Å². The summed E-state index contributed by atoms with van der Waals surface area (Å²) >= 11 is 5.16. The summed E-state index contributed by atoms with van der Waals surface area (Å²) in [6, 6.07) is -0.840. The van der Waals surface area contributed by atoms with Crippen molar-refractivity contribution < 1.29 is 24.7 Å². The number of β-lactam (4-membered cyclic amide) rings is 1. The van der Waals surface area contributed by atoms with E-state index in [9.17, 15) is 24.7 Å². The Balaban J connectivity index is 1.44. The van der Waals surface area contributed by atoms with E-state index in [-0.39, 0.29) is 22.6 Å². The van der Waals surface area contributed by atoms with Crippen molar-refractivity contribution in [1.29, 1.82) is 5.41 Å². The number of carbonyl (C=O) groups is 3. The number of aryl methyl sites for hydroxylation is 1. The highest BCUT2D eigenvalue weighted by molar-refractivity contribution is 8.01. The number of rotatable bonds is 7. The number of amides is 2. The van der Waals surface area contributed by atoms with Crippen molar-refractivity contribution in [3.63, 3.8) is 0 Å². The van der Waals surface area contributed by atoms with Gasteiger partial charge in [-0.15, -0.1) is 33.3 Å². The second kappa shape index (κ2) is 8.64. The first-order valence-corrected chi connectivity index (χ1v) is 12.5. The topological polar surface area (TPSA) is 161 Å². The van der Waals surface area contributed by atoms with Gasteiger partial charge < -0.3 is 15.6 Å². The number of aliphatic carboxylic acids is 1. The van der Waals surface area contributed by atoms with Crippen LogP contribution in [0.1, 0.15) is 10.7 Å². The van der Waals surface area contributed by atoms with Gasteiger partial charge in [-0.25, -0.2) is 4.79 Å². The molecule has 0 saturated carbocycles. The van der Waals surface area contributed by atoms with Crippen LogP contribution in [0.25, 0.3) is 0 Å². The number of carboxylic acids is 1. The highest BCUT2D eigenvalue weighted by Gasteiger charge is 2.54. The molecule has 4 N–H and O–H groups in total. The van der Waals surface area contributed by atoms with Crippen LogP contribution in [0, 0.1) is 12.3 Å². The van der Waals surface area contributed by atoms with Crippen LogP contribution < -0.4 is 10.1 Å². The van der Waals surface area contributed by atoms with E-state index in [0.29, 0.717) is 21.8 Å². The van der Waals surface area contributed by atoms with E-state index in [2.05, 4.69) is 15.5 Å². The second-order valence-corrected chi connectivity index (χ2v) is 11.0. The maximum Gasteiger partial charge on any atom is 0.352 e. The summed E-state index contributed by atoms with van der Waals surface area (Å²) in [6.45, 7) is 1.84. The number of aromatic nitrogens is 3. The molecule has 0 bridgehead atoms. The number of nitrogens with zero attached hydrogens (tertiary/aromatic N) is 4. The zero-order valence-electron chi connectivity index (χ0n) is 15.9. The molecule has 1 unspecified atom stereocenters. The number of thiazole rings is 1. The van der Waals surface area contributed by atoms with Crippen LogP contribution in [-0.2, 0) is 20.8 Å². The quantitative estimate of drug-likeness (QED) is 0.241. The van der Waals surface area contributed by atoms with E-state index < -0.39 is 29.2 Å². The lowest BCUT2D eigenvalue weighted by Crippen LogP contribution is -2.70. The molecular formula is C16H16N6O5S4. The van der Waals surface area contributed by atoms with Crippen LogP contribution in [0.3, 0.4) is 0 Å². The Morgan fingerprint density at radius 1 is 1.42 bits per heavy atom. The van der Waals surface area contributed by atoms with Gasteiger partial charge >= 0.3 is 5.97 Å². The van der Waals surface area contributed by atoms with Crippen LogP contribution >= 0.6 is 46.2 Å². The normalized spacial score (nSPS) is 20.4. The van der Waals surface area contributed by atoms with E-state index in [1.54, 1.807) is 0 Å². The Morgan fingerprint density at radius 3 is 2.81 bits per heavy atom. The minimum absolute atomic E-state index is 0.0436. The highest BCUT2D eigenvalue weighted by atomic mass is 32.2. The van der Waals surface area contributed by atoms with Crippen molar-refractivity contribution in [3.05, 3.63) is 32.2 Å². The standard InChI is InChI=1S/C16H16N6O5S4/c1-6-19-20-16(31-6)30-4-7-3-28-13-10(12(24)21(13)11(7)14(25)26)18-9(23)2-8-5-29-15(17)22(8)27/h5,10,13,17,27H,2-4H2,1H3,(H,18,23)(H,25,26)/t10?,13-/m1/s1. The zero-order valence-corrected chi connectivity index (χ0v) is 19.2. The van der Waals surface area contributed by atoms with Crippen molar-refractivity contribution in [2.24, 2.45) is 0 Å². The molecular weight excluding hydrogens is 484 g/mol. The Hall–Kier alpha value is -2.36. The van der Waals surface area contributed by atoms with Crippen molar-refractivity contribution in [2.75, 3.05) is 11.5 Å². The van der Waals surface area contributed by atoms with E-state index in [1.165, 1.54) is 45.1 Å². The molecule has 2 aliphatic heterocycles. The maximum absolute atomic E-state index is 12.7. The first-order valence-electron chi connectivity index (χ1n) is 8.81. The molecule has 2 aromatic heterocycles. The highest BCUT2D eigenvalue weighted by Crippen LogP contribution is 2.41. The Bertz CT molecular complexity index is 1150. The average Bonchev–Trinajstić information content (AvgIpc) is 3.29. The van der Waals surface area contributed by atoms with Gasteiger partial charge in [0.2, 0.25) is 10.7 Å². The number of hydrogen-bond donors (Lipinski definition) is 4. The molecule has 11 nitrogen and oxygen atoms in total. The van der Waals surface area contributed by atoms with Gasteiger partial charge in [-0.1, -0.05) is 23.1 Å². The van der Waals surface area contributed by atoms with Gasteiger partial charge in [-0.3, -0.25) is 19.9 Å². The summed E-state index contributed by atoms with van der Waals surface area (Å²) in [5.74, 6) is -1.37. The number of fused-ring (bicyclic) bond motifs is 1. The molecule has 0 radical (unpaired) electrons. The van der Waals surface area contributed by atoms with Crippen LogP contribution in [-0.4, -0.2) is 70.8 Å². The number of nitrogens with one attached hydrogen (secondary N) is 2. The number of thioether (sulfide) groups is 2. The molecule has 2 atom stereocenters. The summed E-state index contributed by atoms with van der Waals surface area (Å²) in [4.78, 5) is 38.0. The molecule has 2 aliphatic rings. The third-order valence-electron chi connectivity index (χ3n) is 4.56. The molecule has 4 rings (SSSR count). The summed E-state index contributed by atoms with van der Waals surface area (Å²) in [5, 5.41) is 39.2. The molecule has 31 heavy (non-hydrogen) atoms. The molecule has 0 aromatic carbocycles. The van der Waals surface area contributed by atoms with E-state index in [4.69, 9.17) is 5.41 Å². The SMILES string of the molecule is Cc1nnc(SCC2=C(C(=O)O)N3C(=O)C(NC(=O)Cc4csc(=N)n4O)[C@H]3SC2)s1. The molecule has 2 aromatic rings. The number of carboxylic acid groups (broad SMARTS) is 1. The largest absolute Gasteiger partial charge is 0.477 e. The molecule has 1 fully saturated rings. The Morgan fingerprint density at radius 2 is 2.19 bits per heavy atom. The molecule has 1 saturated heterocycles. The van der Waals surface area contributed by atoms with Crippen molar-refractivity contribution in [1.82, 2.24) is 25.1 Å². The predicted molar refractivity (Wildman–Crippen MR) is 114 cm³/mol. The smallest absolute Gasteiger partial charge is 0.352 e. The number of hydrogen-bond acceptors (Lipinski definition) is 11. The van der Waals surface area contributed by atoms with Gasteiger partial charge in [0, 0.05) is 16.9 Å². The van der Waals surface area contributed by atoms with Crippen LogP contribution in [0.4, 0.5) is 0 Å². The minimum atomic E-state index is -1.19. The molecule has 0 aliphatic carbocycles. The van der Waals surface area contributed by atoms with Gasteiger partial charge in [-0.2, -0.15) is 4.73 Å². The average molecular weight is 501 g/mol. The fraction of sp³-hybridized carbons (Fsp3) is 0.375. The van der Waals surface area contributed by atoms with Gasteiger partial charge in [0.15, 0.2) is 4.34 Å². The second-order valence-electron chi connectivity index (χ2n) is 6.61. The molecule has 164 valence electrons. The van der Waals surface area contributed by atoms with E-state index in [0.717, 1.165) is 20.7 Å². The molecule has 4 heterocycles. The lowest BCUT2D eigenvalue weighted by molar-refractivity contribution is -0.150. The summed E-state index contributed by atoms with van der Waals surface area (Å²) in [5.41, 5.74) is 0.815. The van der Waals surface area contributed by atoms with Crippen LogP contribution in [0.15, 0.2) is 21.0 Å². The first kappa shape index (κ1) is 21.9. The lowest BCUT2D eigenvalue weighted by Gasteiger charge is -2.49. The predicted octanol–water partition coefficient (Wildman–Crippen LogP) is 0.500. The van der Waals surface area contributed by atoms with Crippen molar-refractivity contribution in [3.8, 4) is 0 Å². The Labute approximate surface area is 191 Å². The van der Waals surface area contributed by atoms with E-state index in [1.807, 2.05) is 6.92 Å². The summed E-state index contributed by atoms with van der Waals surface area (Å²) in [7, 11) is 0. The van der Waals surface area contributed by atoms with Crippen LogP contribution in [0.5, 0.6) is 0 Å².